The molecule has 1 aliphatic heterocycles. The first-order valence-electron chi connectivity index (χ1n) is 6.68. The minimum atomic E-state index is 0.0681. The molecule has 110 valence electrons. The Labute approximate surface area is 124 Å². The molecule has 1 saturated heterocycles. The van der Waals surface area contributed by atoms with Gasteiger partial charge in [0, 0.05) is 30.7 Å². The van der Waals surface area contributed by atoms with Gasteiger partial charge in [-0.15, -0.1) is 0 Å². The lowest BCUT2D eigenvalue weighted by atomic mass is 10.1. The number of rotatable bonds is 2. The number of likely N-dealkylation sites (N-methyl/N-ethyl adjacent to an activating group) is 1. The van der Waals surface area contributed by atoms with Gasteiger partial charge in [-0.2, -0.15) is 0 Å². The molecule has 0 radical (unpaired) electrons. The Morgan fingerprint density at radius 1 is 1.35 bits per heavy atom. The lowest BCUT2D eigenvalue weighted by molar-refractivity contribution is 0.170. The highest BCUT2D eigenvalue weighted by Gasteiger charge is 2.27. The van der Waals surface area contributed by atoms with E-state index in [0.717, 1.165) is 18.8 Å². The molecular formula is C14H21ClN4O. The summed E-state index contributed by atoms with van der Waals surface area (Å²) in [5.74, 6) is 0.0681. The van der Waals surface area contributed by atoms with E-state index in [9.17, 15) is 0 Å². The van der Waals surface area contributed by atoms with Crippen molar-refractivity contribution in [2.24, 2.45) is 10.9 Å². The van der Waals surface area contributed by atoms with Crippen molar-refractivity contribution in [3.8, 4) is 0 Å². The van der Waals surface area contributed by atoms with Crippen molar-refractivity contribution in [2.75, 3.05) is 25.0 Å². The molecule has 1 fully saturated rings. The molecule has 2 rings (SSSR count). The van der Waals surface area contributed by atoms with E-state index in [1.165, 1.54) is 0 Å². The van der Waals surface area contributed by atoms with Crippen molar-refractivity contribution >= 4 is 23.1 Å². The van der Waals surface area contributed by atoms with E-state index in [4.69, 9.17) is 22.5 Å². The zero-order valence-corrected chi connectivity index (χ0v) is 12.8. The number of benzene rings is 1. The molecule has 1 aromatic carbocycles. The molecule has 0 spiro atoms. The van der Waals surface area contributed by atoms with Crippen LogP contribution in [0.5, 0.6) is 0 Å². The van der Waals surface area contributed by atoms with E-state index >= 15 is 0 Å². The van der Waals surface area contributed by atoms with E-state index in [1.807, 2.05) is 12.1 Å². The lowest BCUT2D eigenvalue weighted by Crippen LogP contribution is -2.55. The summed E-state index contributed by atoms with van der Waals surface area (Å²) in [6.45, 7) is 6.29. The Hall–Kier alpha value is -1.46. The monoisotopic (exact) mass is 296 g/mol. The normalized spacial score (nSPS) is 25.0. The topological polar surface area (TPSA) is 65.1 Å². The highest BCUT2D eigenvalue weighted by molar-refractivity contribution is 6.33. The minimum Gasteiger partial charge on any atom is -0.409 e. The van der Waals surface area contributed by atoms with Crippen LogP contribution in [0.15, 0.2) is 23.4 Å². The van der Waals surface area contributed by atoms with Crippen LogP contribution in [0.4, 0.5) is 5.69 Å². The molecule has 3 N–H and O–H groups in total. The summed E-state index contributed by atoms with van der Waals surface area (Å²) >= 11 is 6.35. The molecule has 1 aliphatic rings. The van der Waals surface area contributed by atoms with Crippen LogP contribution in [0, 0.1) is 0 Å². The molecule has 0 amide bonds. The van der Waals surface area contributed by atoms with Crippen LogP contribution in [0.3, 0.4) is 0 Å². The predicted molar refractivity (Wildman–Crippen MR) is 82.9 cm³/mol. The maximum Gasteiger partial charge on any atom is 0.170 e. The molecule has 0 aromatic heterocycles. The zero-order valence-electron chi connectivity index (χ0n) is 12.0. The molecule has 0 bridgehead atoms. The van der Waals surface area contributed by atoms with Crippen molar-refractivity contribution in [1.82, 2.24) is 4.90 Å². The second-order valence-electron chi connectivity index (χ2n) is 5.42. The van der Waals surface area contributed by atoms with Crippen molar-refractivity contribution in [1.29, 1.82) is 0 Å². The minimum absolute atomic E-state index is 0.0681. The summed E-state index contributed by atoms with van der Waals surface area (Å²) in [5.41, 5.74) is 7.19. The Morgan fingerprint density at radius 3 is 2.45 bits per heavy atom. The van der Waals surface area contributed by atoms with Gasteiger partial charge in [-0.05, 0) is 39.1 Å². The predicted octanol–water partition coefficient (Wildman–Crippen LogP) is 1.96. The third-order valence-corrected chi connectivity index (χ3v) is 4.35. The number of amidine groups is 1. The third-order valence-electron chi connectivity index (χ3n) is 4.05. The fourth-order valence-electron chi connectivity index (χ4n) is 2.58. The quantitative estimate of drug-likeness (QED) is 0.379. The average Bonchev–Trinajstić information content (AvgIpc) is 2.43. The highest BCUT2D eigenvalue weighted by Crippen LogP contribution is 2.29. The standard InChI is InChI=1S/C14H21ClN4O/c1-9-7-19(8-10(2)18(9)3)13-5-4-11(6-12(13)15)14(16)17-20/h4-6,9-10,20H,7-8H2,1-3H3,(H2,16,17). The summed E-state index contributed by atoms with van der Waals surface area (Å²) < 4.78 is 0. The zero-order chi connectivity index (χ0) is 14.9. The van der Waals surface area contributed by atoms with Gasteiger partial charge < -0.3 is 15.8 Å². The number of hydrogen-bond acceptors (Lipinski definition) is 4. The summed E-state index contributed by atoms with van der Waals surface area (Å²) in [6, 6.07) is 6.43. The van der Waals surface area contributed by atoms with Gasteiger partial charge in [0.05, 0.1) is 10.7 Å². The smallest absolute Gasteiger partial charge is 0.170 e. The first-order valence-corrected chi connectivity index (χ1v) is 7.06. The Kier molecular flexibility index (Phi) is 4.40. The highest BCUT2D eigenvalue weighted by atomic mass is 35.5. The van der Waals surface area contributed by atoms with Gasteiger partial charge >= 0.3 is 0 Å². The van der Waals surface area contributed by atoms with Gasteiger partial charge in [0.2, 0.25) is 0 Å². The fraction of sp³-hybridized carbons (Fsp3) is 0.500. The summed E-state index contributed by atoms with van der Waals surface area (Å²) in [5, 5.41) is 12.3. The number of nitrogens with two attached hydrogens (primary N) is 1. The lowest BCUT2D eigenvalue weighted by Gasteiger charge is -2.43. The fourth-order valence-corrected chi connectivity index (χ4v) is 2.88. The average molecular weight is 297 g/mol. The number of hydrogen-bond donors (Lipinski definition) is 2. The number of anilines is 1. The van der Waals surface area contributed by atoms with Gasteiger partial charge in [-0.1, -0.05) is 16.8 Å². The summed E-state index contributed by atoms with van der Waals surface area (Å²) in [7, 11) is 2.15. The molecule has 2 atom stereocenters. The third kappa shape index (κ3) is 2.83. The molecule has 0 saturated carbocycles. The van der Waals surface area contributed by atoms with Crippen molar-refractivity contribution in [2.45, 2.75) is 25.9 Å². The molecule has 6 heteroatoms. The number of oxime groups is 1. The number of piperazine rings is 1. The van der Waals surface area contributed by atoms with Gasteiger partial charge in [-0.25, -0.2) is 0 Å². The largest absolute Gasteiger partial charge is 0.409 e. The van der Waals surface area contributed by atoms with Crippen LogP contribution in [0.2, 0.25) is 5.02 Å². The van der Waals surface area contributed by atoms with Gasteiger partial charge in [0.1, 0.15) is 0 Å². The Bertz CT molecular complexity index is 508. The Morgan fingerprint density at radius 2 is 1.95 bits per heavy atom. The van der Waals surface area contributed by atoms with E-state index in [2.05, 4.69) is 35.9 Å². The van der Waals surface area contributed by atoms with Crippen LogP contribution in [0.25, 0.3) is 0 Å². The van der Waals surface area contributed by atoms with Crippen molar-refractivity contribution in [3.63, 3.8) is 0 Å². The van der Waals surface area contributed by atoms with Crippen LogP contribution in [-0.4, -0.2) is 48.2 Å². The summed E-state index contributed by atoms with van der Waals surface area (Å²) in [6.07, 6.45) is 0. The van der Waals surface area contributed by atoms with Gasteiger partial charge in [0.25, 0.3) is 0 Å². The van der Waals surface area contributed by atoms with Gasteiger partial charge in [0.15, 0.2) is 5.84 Å². The summed E-state index contributed by atoms with van der Waals surface area (Å²) in [4.78, 5) is 4.66. The first kappa shape index (κ1) is 14.9. The van der Waals surface area contributed by atoms with E-state index in [-0.39, 0.29) is 5.84 Å². The van der Waals surface area contributed by atoms with Crippen molar-refractivity contribution < 1.29 is 5.21 Å². The molecule has 0 aliphatic carbocycles. The maximum atomic E-state index is 8.70. The number of nitrogens with zero attached hydrogens (tertiary/aromatic N) is 3. The first-order chi connectivity index (χ1) is 9.43. The SMILES string of the molecule is CC1CN(c2ccc(/C(N)=N/O)cc2Cl)CC(C)N1C. The molecule has 1 aromatic rings. The maximum absolute atomic E-state index is 8.70. The van der Waals surface area contributed by atoms with Crippen molar-refractivity contribution in [3.05, 3.63) is 28.8 Å². The van der Waals surface area contributed by atoms with Gasteiger partial charge in [-0.3, -0.25) is 4.90 Å². The Balaban J connectivity index is 2.25. The van der Waals surface area contributed by atoms with Crippen LogP contribution < -0.4 is 10.6 Å². The number of halogens is 1. The molecule has 20 heavy (non-hydrogen) atoms. The second-order valence-corrected chi connectivity index (χ2v) is 5.83. The van der Waals surface area contributed by atoms with Crippen LogP contribution in [0.1, 0.15) is 19.4 Å². The van der Waals surface area contributed by atoms with E-state index < -0.39 is 0 Å². The molecule has 5 nitrogen and oxygen atoms in total. The second kappa shape index (κ2) is 5.89. The molecule has 2 unspecified atom stereocenters. The molecular weight excluding hydrogens is 276 g/mol. The van der Waals surface area contributed by atoms with E-state index in [1.54, 1.807) is 6.07 Å². The van der Waals surface area contributed by atoms with E-state index in [0.29, 0.717) is 22.7 Å². The molecule has 1 heterocycles. The van der Waals surface area contributed by atoms with Crippen LogP contribution in [-0.2, 0) is 0 Å². The van der Waals surface area contributed by atoms with Crippen LogP contribution >= 0.6 is 11.6 Å².